The number of benzene rings is 1. The van der Waals surface area contributed by atoms with E-state index in [2.05, 4.69) is 56.4 Å². The van der Waals surface area contributed by atoms with E-state index >= 15 is 0 Å². The van der Waals surface area contributed by atoms with E-state index in [9.17, 15) is 0 Å². The van der Waals surface area contributed by atoms with Crippen LogP contribution >= 0.6 is 0 Å². The average molecular weight is 275 g/mol. The fourth-order valence-corrected chi connectivity index (χ4v) is 3.26. The summed E-state index contributed by atoms with van der Waals surface area (Å²) >= 11 is 0. The number of hydrogen-bond donors (Lipinski definition) is 1. The van der Waals surface area contributed by atoms with Crippen molar-refractivity contribution in [3.8, 4) is 0 Å². The molecule has 1 heterocycles. The van der Waals surface area contributed by atoms with Gasteiger partial charge in [0.2, 0.25) is 0 Å². The van der Waals surface area contributed by atoms with E-state index in [1.807, 2.05) is 0 Å². The van der Waals surface area contributed by atoms with Gasteiger partial charge in [-0.2, -0.15) is 0 Å². The first-order valence-corrected chi connectivity index (χ1v) is 8.05. The Morgan fingerprint density at radius 2 is 2.05 bits per heavy atom. The van der Waals surface area contributed by atoms with Crippen LogP contribution in [0.4, 0.5) is 0 Å². The lowest BCUT2D eigenvalue weighted by atomic mass is 9.75. The first kappa shape index (κ1) is 15.5. The molecule has 2 atom stereocenters. The van der Waals surface area contributed by atoms with E-state index in [0.717, 1.165) is 13.2 Å². The van der Waals surface area contributed by atoms with Crippen molar-refractivity contribution < 1.29 is 4.74 Å². The van der Waals surface area contributed by atoms with E-state index in [1.165, 1.54) is 31.2 Å². The number of rotatable bonds is 7. The first-order valence-electron chi connectivity index (χ1n) is 8.05. The topological polar surface area (TPSA) is 21.3 Å². The number of ether oxygens (including phenoxy) is 1. The van der Waals surface area contributed by atoms with Crippen LogP contribution in [0.15, 0.2) is 30.3 Å². The lowest BCUT2D eigenvalue weighted by molar-refractivity contribution is 0.0967. The number of likely N-dealkylation sites (N-methyl/N-ethyl adjacent to an activating group) is 1. The lowest BCUT2D eigenvalue weighted by Crippen LogP contribution is -2.45. The zero-order chi connectivity index (χ0) is 14.4. The summed E-state index contributed by atoms with van der Waals surface area (Å²) in [7, 11) is 0. The molecule has 1 N–H and O–H groups in total. The third kappa shape index (κ3) is 3.83. The Labute approximate surface area is 123 Å². The summed E-state index contributed by atoms with van der Waals surface area (Å²) in [5.41, 5.74) is 1.56. The molecule has 1 aromatic rings. The van der Waals surface area contributed by atoms with Gasteiger partial charge in [-0.05, 0) is 37.8 Å². The van der Waals surface area contributed by atoms with E-state index in [1.54, 1.807) is 0 Å². The van der Waals surface area contributed by atoms with Gasteiger partial charge >= 0.3 is 0 Å². The summed E-state index contributed by atoms with van der Waals surface area (Å²) in [6, 6.07) is 11.4. The van der Waals surface area contributed by atoms with Crippen molar-refractivity contribution >= 4 is 0 Å². The predicted octanol–water partition coefficient (Wildman–Crippen LogP) is 3.90. The number of nitrogens with one attached hydrogen (secondary N) is 1. The summed E-state index contributed by atoms with van der Waals surface area (Å²) in [6.45, 7) is 8.88. The third-order valence-electron chi connectivity index (χ3n) is 4.64. The average Bonchev–Trinajstić information content (AvgIpc) is 2.97. The Kier molecular flexibility index (Phi) is 5.62. The zero-order valence-corrected chi connectivity index (χ0v) is 13.2. The van der Waals surface area contributed by atoms with Crippen molar-refractivity contribution in [2.24, 2.45) is 0 Å². The molecule has 0 aliphatic carbocycles. The molecule has 1 saturated heterocycles. The molecule has 0 saturated carbocycles. The van der Waals surface area contributed by atoms with Crippen LogP contribution < -0.4 is 5.32 Å². The number of hydrogen-bond acceptors (Lipinski definition) is 2. The minimum absolute atomic E-state index is 0.149. The van der Waals surface area contributed by atoms with Crippen LogP contribution in [-0.2, 0) is 10.2 Å². The lowest BCUT2D eigenvalue weighted by Gasteiger charge is -2.36. The molecule has 20 heavy (non-hydrogen) atoms. The maximum atomic E-state index is 5.77. The second-order valence-electron chi connectivity index (χ2n) is 6.41. The van der Waals surface area contributed by atoms with Gasteiger partial charge in [0.25, 0.3) is 0 Å². The van der Waals surface area contributed by atoms with Crippen LogP contribution in [-0.4, -0.2) is 25.3 Å². The van der Waals surface area contributed by atoms with Crippen molar-refractivity contribution in [1.82, 2.24) is 5.32 Å². The summed E-state index contributed by atoms with van der Waals surface area (Å²) in [5, 5.41) is 3.69. The molecule has 0 aromatic heterocycles. The fraction of sp³-hybridized carbons (Fsp3) is 0.667. The normalized spacial score (nSPS) is 21.1. The van der Waals surface area contributed by atoms with E-state index in [-0.39, 0.29) is 5.41 Å². The van der Waals surface area contributed by atoms with Crippen LogP contribution in [0.25, 0.3) is 0 Å². The van der Waals surface area contributed by atoms with Crippen molar-refractivity contribution in [3.63, 3.8) is 0 Å². The molecule has 112 valence electrons. The smallest absolute Gasteiger partial charge is 0.0576 e. The Hall–Kier alpha value is -0.860. The highest BCUT2D eigenvalue weighted by molar-refractivity contribution is 5.25. The van der Waals surface area contributed by atoms with Crippen molar-refractivity contribution in [1.29, 1.82) is 0 Å². The minimum atomic E-state index is 0.149. The SMILES string of the molecule is CCNC(CCC1CCCO1)C(C)(C)c1ccccc1. The van der Waals surface area contributed by atoms with Gasteiger partial charge in [0.15, 0.2) is 0 Å². The van der Waals surface area contributed by atoms with Gasteiger partial charge in [-0.25, -0.2) is 0 Å². The zero-order valence-electron chi connectivity index (χ0n) is 13.2. The molecule has 2 rings (SSSR count). The Morgan fingerprint density at radius 3 is 2.65 bits per heavy atom. The molecule has 0 radical (unpaired) electrons. The molecule has 2 heteroatoms. The van der Waals surface area contributed by atoms with E-state index < -0.39 is 0 Å². The molecule has 0 bridgehead atoms. The van der Waals surface area contributed by atoms with Gasteiger partial charge in [0.05, 0.1) is 6.10 Å². The standard InChI is InChI=1S/C18H29NO/c1-4-19-17(13-12-16-11-8-14-20-16)18(2,3)15-9-6-5-7-10-15/h5-7,9-10,16-17,19H,4,8,11-14H2,1-3H3. The van der Waals surface area contributed by atoms with Crippen LogP contribution in [0.1, 0.15) is 52.0 Å². The summed E-state index contributed by atoms with van der Waals surface area (Å²) in [4.78, 5) is 0. The first-order chi connectivity index (χ1) is 9.64. The molecule has 2 nitrogen and oxygen atoms in total. The Balaban J connectivity index is 2.02. The van der Waals surface area contributed by atoms with E-state index in [4.69, 9.17) is 4.74 Å². The Morgan fingerprint density at radius 1 is 1.30 bits per heavy atom. The monoisotopic (exact) mass is 275 g/mol. The molecule has 0 spiro atoms. The quantitative estimate of drug-likeness (QED) is 0.815. The van der Waals surface area contributed by atoms with Gasteiger partial charge < -0.3 is 10.1 Å². The summed E-state index contributed by atoms with van der Waals surface area (Å²) < 4.78 is 5.77. The summed E-state index contributed by atoms with van der Waals surface area (Å²) in [6.07, 6.45) is 5.32. The van der Waals surface area contributed by atoms with Gasteiger partial charge in [0.1, 0.15) is 0 Å². The van der Waals surface area contributed by atoms with Crippen LogP contribution in [0.2, 0.25) is 0 Å². The molecule has 1 fully saturated rings. The maximum absolute atomic E-state index is 5.77. The highest BCUT2D eigenvalue weighted by Crippen LogP contribution is 2.30. The molecule has 1 aliphatic heterocycles. The highest BCUT2D eigenvalue weighted by Gasteiger charge is 2.31. The molecule has 0 amide bonds. The fourth-order valence-electron chi connectivity index (χ4n) is 3.26. The van der Waals surface area contributed by atoms with Crippen LogP contribution in [0.3, 0.4) is 0 Å². The van der Waals surface area contributed by atoms with Crippen LogP contribution in [0.5, 0.6) is 0 Å². The van der Waals surface area contributed by atoms with Gasteiger partial charge in [-0.15, -0.1) is 0 Å². The van der Waals surface area contributed by atoms with Gasteiger partial charge in [-0.3, -0.25) is 0 Å². The molecular formula is C18H29NO. The highest BCUT2D eigenvalue weighted by atomic mass is 16.5. The van der Waals surface area contributed by atoms with Gasteiger partial charge in [-0.1, -0.05) is 51.1 Å². The largest absolute Gasteiger partial charge is 0.378 e. The second kappa shape index (κ2) is 7.24. The van der Waals surface area contributed by atoms with Gasteiger partial charge in [0, 0.05) is 18.1 Å². The third-order valence-corrected chi connectivity index (χ3v) is 4.64. The minimum Gasteiger partial charge on any atom is -0.378 e. The van der Waals surface area contributed by atoms with Crippen molar-refractivity contribution in [3.05, 3.63) is 35.9 Å². The van der Waals surface area contributed by atoms with Crippen LogP contribution in [0, 0.1) is 0 Å². The molecular weight excluding hydrogens is 246 g/mol. The van der Waals surface area contributed by atoms with Crippen molar-refractivity contribution in [2.75, 3.05) is 13.2 Å². The second-order valence-corrected chi connectivity index (χ2v) is 6.41. The van der Waals surface area contributed by atoms with Crippen molar-refractivity contribution in [2.45, 2.75) is 64.0 Å². The predicted molar refractivity (Wildman–Crippen MR) is 85.1 cm³/mol. The molecule has 1 aromatic carbocycles. The maximum Gasteiger partial charge on any atom is 0.0576 e. The molecule has 2 unspecified atom stereocenters. The van der Waals surface area contributed by atoms with E-state index in [0.29, 0.717) is 12.1 Å². The molecule has 1 aliphatic rings. The Bertz CT molecular complexity index is 382. The summed E-state index contributed by atoms with van der Waals surface area (Å²) in [5.74, 6) is 0.